The van der Waals surface area contributed by atoms with E-state index in [1.54, 1.807) is 18.4 Å². The van der Waals surface area contributed by atoms with E-state index >= 15 is 0 Å². The van der Waals surface area contributed by atoms with Gasteiger partial charge < -0.3 is 14.8 Å². The van der Waals surface area contributed by atoms with Crippen LogP contribution < -0.4 is 10.1 Å². The Kier molecular flexibility index (Phi) is 6.11. The van der Waals surface area contributed by atoms with Gasteiger partial charge in [-0.15, -0.1) is 11.3 Å². The third-order valence-corrected chi connectivity index (χ3v) is 7.97. The quantitative estimate of drug-likeness (QED) is 0.585. The van der Waals surface area contributed by atoms with Crippen molar-refractivity contribution >= 4 is 23.1 Å². The van der Waals surface area contributed by atoms with Crippen molar-refractivity contribution in [2.75, 3.05) is 7.11 Å². The number of benzene rings is 1. The molecule has 0 unspecified atom stereocenters. The van der Waals surface area contributed by atoms with E-state index in [0.717, 1.165) is 53.3 Å². The number of Topliss-reactive ketones (excluding diaryl/α,β-unsaturated/α-hetero) is 1. The number of allylic oxidation sites excluding steroid dienone is 3. The van der Waals surface area contributed by atoms with Crippen molar-refractivity contribution in [3.63, 3.8) is 0 Å². The van der Waals surface area contributed by atoms with Crippen LogP contribution in [-0.2, 0) is 14.3 Å². The van der Waals surface area contributed by atoms with Crippen molar-refractivity contribution in [2.45, 2.75) is 63.4 Å². The normalized spacial score (nSPS) is 23.4. The Morgan fingerprint density at radius 2 is 1.88 bits per heavy atom. The van der Waals surface area contributed by atoms with E-state index in [-0.39, 0.29) is 29.7 Å². The molecule has 1 aromatic carbocycles. The van der Waals surface area contributed by atoms with E-state index < -0.39 is 0 Å². The van der Waals surface area contributed by atoms with Crippen LogP contribution in [0.1, 0.15) is 67.7 Å². The second-order valence-electron chi connectivity index (χ2n) is 9.09. The Morgan fingerprint density at radius 1 is 1.09 bits per heavy atom. The minimum Gasteiger partial charge on any atom is -0.496 e. The molecule has 33 heavy (non-hydrogen) atoms. The largest absolute Gasteiger partial charge is 0.496 e. The standard InChI is InChI=1S/C27H29NO4S/c1-16-24(27(30)32-18-8-3-4-9-18)26(23-12-7-13-33-23)25-20(28-16)14-17(15-21(25)29)19-10-5-6-11-22(19)31-2/h5-7,10-13,17-18,26,28H,3-4,8-9,14-15H2,1-2H3/t17-,26-/m0/s1. The number of hydrogen-bond donors (Lipinski definition) is 1. The van der Waals surface area contributed by atoms with E-state index in [0.29, 0.717) is 24.0 Å². The minimum absolute atomic E-state index is 0.0193. The molecule has 1 aromatic heterocycles. The van der Waals surface area contributed by atoms with Gasteiger partial charge in [-0.2, -0.15) is 0 Å². The van der Waals surface area contributed by atoms with Crippen LogP contribution in [0.4, 0.5) is 0 Å². The van der Waals surface area contributed by atoms with Crippen LogP contribution >= 0.6 is 11.3 Å². The molecule has 3 aliphatic rings. The average molecular weight is 464 g/mol. The minimum atomic E-state index is -0.374. The van der Waals surface area contributed by atoms with Crippen LogP contribution in [0.2, 0.25) is 0 Å². The number of esters is 1. The molecule has 0 saturated heterocycles. The molecule has 172 valence electrons. The number of para-hydroxylation sites is 1. The third-order valence-electron chi connectivity index (χ3n) is 7.03. The predicted molar refractivity (Wildman–Crippen MR) is 128 cm³/mol. The zero-order valence-electron chi connectivity index (χ0n) is 19.1. The molecule has 0 spiro atoms. The zero-order chi connectivity index (χ0) is 22.9. The van der Waals surface area contributed by atoms with Crippen molar-refractivity contribution in [1.29, 1.82) is 0 Å². The van der Waals surface area contributed by atoms with Crippen LogP contribution in [0.3, 0.4) is 0 Å². The zero-order valence-corrected chi connectivity index (χ0v) is 19.9. The topological polar surface area (TPSA) is 64.6 Å². The summed E-state index contributed by atoms with van der Waals surface area (Å²) in [6, 6.07) is 11.9. The maximum atomic E-state index is 13.6. The molecule has 5 nitrogen and oxygen atoms in total. The maximum Gasteiger partial charge on any atom is 0.337 e. The van der Waals surface area contributed by atoms with Gasteiger partial charge in [0.2, 0.25) is 0 Å². The first-order chi connectivity index (χ1) is 16.1. The van der Waals surface area contributed by atoms with Crippen molar-refractivity contribution in [1.82, 2.24) is 5.32 Å². The molecule has 0 radical (unpaired) electrons. The van der Waals surface area contributed by atoms with Gasteiger partial charge in [-0.25, -0.2) is 4.79 Å². The van der Waals surface area contributed by atoms with Gasteiger partial charge >= 0.3 is 5.97 Å². The summed E-state index contributed by atoms with van der Waals surface area (Å²) in [4.78, 5) is 28.0. The Bertz CT molecular complexity index is 1120. The highest BCUT2D eigenvalue weighted by Crippen LogP contribution is 2.47. The Labute approximate surface area is 198 Å². The number of methoxy groups -OCH3 is 1. The van der Waals surface area contributed by atoms with Gasteiger partial charge in [0.15, 0.2) is 5.78 Å². The van der Waals surface area contributed by atoms with Gasteiger partial charge in [-0.05, 0) is 62.1 Å². The maximum absolute atomic E-state index is 13.6. The first-order valence-corrected chi connectivity index (χ1v) is 12.6. The fourth-order valence-corrected chi connectivity index (χ4v) is 6.34. The van der Waals surface area contributed by atoms with Crippen LogP contribution in [0.15, 0.2) is 64.3 Å². The van der Waals surface area contributed by atoms with Gasteiger partial charge in [0.25, 0.3) is 0 Å². The second-order valence-corrected chi connectivity index (χ2v) is 10.1. The summed E-state index contributed by atoms with van der Waals surface area (Å²) < 4.78 is 11.5. The van der Waals surface area contributed by atoms with Gasteiger partial charge in [0.1, 0.15) is 11.9 Å². The molecule has 2 atom stereocenters. The molecule has 1 aliphatic heterocycles. The van der Waals surface area contributed by atoms with Crippen LogP contribution in [-0.4, -0.2) is 25.0 Å². The number of ketones is 1. The highest BCUT2D eigenvalue weighted by molar-refractivity contribution is 7.10. The van der Waals surface area contributed by atoms with E-state index in [4.69, 9.17) is 9.47 Å². The highest BCUT2D eigenvalue weighted by Gasteiger charge is 2.42. The Morgan fingerprint density at radius 3 is 2.61 bits per heavy atom. The summed E-state index contributed by atoms with van der Waals surface area (Å²) in [7, 11) is 1.66. The molecule has 1 fully saturated rings. The lowest BCUT2D eigenvalue weighted by Crippen LogP contribution is -2.36. The van der Waals surface area contributed by atoms with Gasteiger partial charge in [-0.1, -0.05) is 24.3 Å². The van der Waals surface area contributed by atoms with Crippen LogP contribution in [0.25, 0.3) is 0 Å². The van der Waals surface area contributed by atoms with Crippen LogP contribution in [0, 0.1) is 0 Å². The summed E-state index contributed by atoms with van der Waals surface area (Å²) in [5.41, 5.74) is 4.03. The number of carbonyl (C=O) groups excluding carboxylic acids is 2. The number of thiophene rings is 1. The molecular formula is C27H29NO4S. The first kappa shape index (κ1) is 22.0. The van der Waals surface area contributed by atoms with Crippen LogP contribution in [0.5, 0.6) is 5.75 Å². The van der Waals surface area contributed by atoms with Gasteiger partial charge in [0.05, 0.1) is 18.6 Å². The molecular weight excluding hydrogens is 434 g/mol. The van der Waals surface area contributed by atoms with Crippen molar-refractivity contribution < 1.29 is 19.1 Å². The van der Waals surface area contributed by atoms with Gasteiger partial charge in [-0.3, -0.25) is 4.79 Å². The molecule has 6 heteroatoms. The van der Waals surface area contributed by atoms with Crippen molar-refractivity contribution in [3.8, 4) is 5.75 Å². The van der Waals surface area contributed by atoms with E-state index in [1.807, 2.05) is 48.7 Å². The smallest absolute Gasteiger partial charge is 0.337 e. The Hall–Kier alpha value is -2.86. The monoisotopic (exact) mass is 463 g/mol. The molecule has 2 aromatic rings. The molecule has 0 amide bonds. The van der Waals surface area contributed by atoms with E-state index in [9.17, 15) is 9.59 Å². The fraction of sp³-hybridized carbons (Fsp3) is 0.407. The lowest BCUT2D eigenvalue weighted by atomic mass is 9.73. The van der Waals surface area contributed by atoms with Gasteiger partial charge in [0, 0.05) is 34.2 Å². The predicted octanol–water partition coefficient (Wildman–Crippen LogP) is 5.60. The number of dihydropyridines is 1. The third kappa shape index (κ3) is 4.12. The highest BCUT2D eigenvalue weighted by atomic mass is 32.1. The molecule has 1 saturated carbocycles. The molecule has 0 bridgehead atoms. The first-order valence-electron chi connectivity index (χ1n) is 11.7. The lowest BCUT2D eigenvalue weighted by Gasteiger charge is -2.36. The molecule has 1 N–H and O–H groups in total. The summed E-state index contributed by atoms with van der Waals surface area (Å²) >= 11 is 1.58. The number of nitrogens with one attached hydrogen (secondary N) is 1. The molecule has 5 rings (SSSR count). The summed E-state index contributed by atoms with van der Waals surface area (Å²) in [5.74, 6) is 0.247. The number of ether oxygens (including phenoxy) is 2. The summed E-state index contributed by atoms with van der Waals surface area (Å²) in [5, 5.41) is 5.43. The summed E-state index contributed by atoms with van der Waals surface area (Å²) in [6.07, 6.45) is 5.11. The number of carbonyl (C=O) groups is 2. The Balaban J connectivity index is 1.51. The molecule has 2 aliphatic carbocycles. The number of hydrogen-bond acceptors (Lipinski definition) is 6. The molecule has 2 heterocycles. The SMILES string of the molecule is COc1ccccc1[C@@H]1CC(=O)C2=C(C1)NC(C)=C(C(=O)OC1CCCC1)[C@@H]2c1cccs1. The number of rotatable bonds is 5. The van der Waals surface area contributed by atoms with Crippen molar-refractivity contribution in [3.05, 3.63) is 74.8 Å². The van der Waals surface area contributed by atoms with Crippen molar-refractivity contribution in [2.24, 2.45) is 0 Å². The summed E-state index contributed by atoms with van der Waals surface area (Å²) in [6.45, 7) is 1.92. The fourth-order valence-electron chi connectivity index (χ4n) is 5.49. The second kappa shape index (κ2) is 9.18. The average Bonchev–Trinajstić information content (AvgIpc) is 3.52. The van der Waals surface area contributed by atoms with E-state index in [2.05, 4.69) is 5.32 Å². The lowest BCUT2D eigenvalue weighted by molar-refractivity contribution is -0.144. The van der Waals surface area contributed by atoms with E-state index in [1.165, 1.54) is 0 Å².